The van der Waals surface area contributed by atoms with Gasteiger partial charge in [0.15, 0.2) is 0 Å². The summed E-state index contributed by atoms with van der Waals surface area (Å²) in [5, 5.41) is 0. The van der Waals surface area contributed by atoms with Crippen LogP contribution < -0.4 is 0 Å². The van der Waals surface area contributed by atoms with Gasteiger partial charge in [-0.05, 0) is 25.0 Å². The van der Waals surface area contributed by atoms with E-state index < -0.39 is 0 Å². The summed E-state index contributed by atoms with van der Waals surface area (Å²) in [6.07, 6.45) is 3.82. The molecular weight excluding hydrogens is 628 g/mol. The third kappa shape index (κ3) is 27.7. The molecule has 1 unspecified atom stereocenters. The smallest absolute Gasteiger partial charge is 0.338 e. The maximum absolute atomic E-state index is 12.0. The van der Waals surface area contributed by atoms with Crippen molar-refractivity contribution in [2.24, 2.45) is 5.92 Å². The van der Waals surface area contributed by atoms with Gasteiger partial charge in [-0.3, -0.25) is 4.79 Å². The molecule has 0 saturated carbocycles. The Morgan fingerprint density at radius 3 is 1.15 bits per heavy atom. The van der Waals surface area contributed by atoms with Gasteiger partial charge < -0.3 is 52.1 Å². The van der Waals surface area contributed by atoms with Crippen molar-refractivity contribution < 1.29 is 61.7 Å². The van der Waals surface area contributed by atoms with E-state index in [1.807, 2.05) is 13.0 Å². The molecular formula is C35H60O13. The highest BCUT2D eigenvalue weighted by Crippen LogP contribution is 2.14. The van der Waals surface area contributed by atoms with E-state index >= 15 is 0 Å². The maximum atomic E-state index is 12.0. The molecule has 0 aliphatic heterocycles. The van der Waals surface area contributed by atoms with Crippen LogP contribution in [0.1, 0.15) is 49.9 Å². The summed E-state index contributed by atoms with van der Waals surface area (Å²) in [5.41, 5.74) is 0.523. The Morgan fingerprint density at radius 2 is 0.812 bits per heavy atom. The van der Waals surface area contributed by atoms with Crippen LogP contribution in [-0.4, -0.2) is 144 Å². The topological polar surface area (TPSA) is 136 Å². The Morgan fingerprint density at radius 1 is 0.479 bits per heavy atom. The molecule has 0 N–H and O–H groups in total. The zero-order valence-electron chi connectivity index (χ0n) is 29.2. The molecule has 0 bridgehead atoms. The van der Waals surface area contributed by atoms with Crippen LogP contribution in [0, 0.1) is 5.92 Å². The lowest BCUT2D eigenvalue weighted by molar-refractivity contribution is -0.150. The second-order valence-corrected chi connectivity index (χ2v) is 10.4. The van der Waals surface area contributed by atoms with Gasteiger partial charge in [-0.15, -0.1) is 0 Å². The third-order valence-electron chi connectivity index (χ3n) is 6.65. The number of unbranched alkanes of at least 4 members (excludes halogenated alkanes) is 1. The number of esters is 2. The van der Waals surface area contributed by atoms with Crippen molar-refractivity contribution in [2.45, 2.75) is 39.5 Å². The van der Waals surface area contributed by atoms with Gasteiger partial charge in [0.05, 0.1) is 130 Å². The Bertz CT molecular complexity index is 843. The number of rotatable bonds is 36. The SMILES string of the molecule is CCCCC(CC)C(=O)OCCOCCOCCOCCOCCOCCOCCOCCOCCOCCOC(=O)c1ccccc1. The lowest BCUT2D eigenvalue weighted by atomic mass is 10.00. The van der Waals surface area contributed by atoms with Gasteiger partial charge in [-0.2, -0.15) is 0 Å². The molecule has 0 heterocycles. The predicted octanol–water partition coefficient (Wildman–Crippen LogP) is 3.75. The number of benzene rings is 1. The highest BCUT2D eigenvalue weighted by molar-refractivity contribution is 5.89. The Balaban J connectivity index is 1.68. The van der Waals surface area contributed by atoms with Crippen molar-refractivity contribution in [1.82, 2.24) is 0 Å². The summed E-state index contributed by atoms with van der Waals surface area (Å²) >= 11 is 0. The molecule has 0 amide bonds. The van der Waals surface area contributed by atoms with E-state index in [0.717, 1.165) is 25.7 Å². The maximum Gasteiger partial charge on any atom is 0.338 e. The molecule has 0 saturated heterocycles. The first kappa shape index (κ1) is 43.8. The van der Waals surface area contributed by atoms with Crippen molar-refractivity contribution in [1.29, 1.82) is 0 Å². The second-order valence-electron chi connectivity index (χ2n) is 10.4. The van der Waals surface area contributed by atoms with Gasteiger partial charge in [0.25, 0.3) is 0 Å². The van der Waals surface area contributed by atoms with E-state index in [4.69, 9.17) is 52.1 Å². The zero-order valence-corrected chi connectivity index (χ0v) is 29.2. The quantitative estimate of drug-likeness (QED) is 0.0749. The molecule has 1 aromatic rings. The first-order valence-electron chi connectivity index (χ1n) is 17.3. The van der Waals surface area contributed by atoms with Crippen LogP contribution in [0.5, 0.6) is 0 Å². The molecule has 0 fully saturated rings. The summed E-state index contributed by atoms with van der Waals surface area (Å²) in [6, 6.07) is 8.84. The van der Waals surface area contributed by atoms with Gasteiger partial charge in [0, 0.05) is 0 Å². The summed E-state index contributed by atoms with van der Waals surface area (Å²) < 4.78 is 59.5. The van der Waals surface area contributed by atoms with Crippen LogP contribution in [0.2, 0.25) is 0 Å². The summed E-state index contributed by atoms with van der Waals surface area (Å²) in [6.45, 7) is 12.8. The average Bonchev–Trinajstić information content (AvgIpc) is 3.11. The number of ether oxygens (including phenoxy) is 11. The third-order valence-corrected chi connectivity index (χ3v) is 6.65. The Labute approximate surface area is 287 Å². The van der Waals surface area contributed by atoms with Crippen LogP contribution in [-0.2, 0) is 56.9 Å². The van der Waals surface area contributed by atoms with Crippen LogP contribution >= 0.6 is 0 Å². The van der Waals surface area contributed by atoms with Gasteiger partial charge in [0.1, 0.15) is 13.2 Å². The van der Waals surface area contributed by atoms with Crippen molar-refractivity contribution in [2.75, 3.05) is 132 Å². The summed E-state index contributed by atoms with van der Waals surface area (Å²) in [5.74, 6) is -0.490. The molecule has 0 aliphatic rings. The Kier molecular flexibility index (Phi) is 31.6. The number of hydrogen-bond acceptors (Lipinski definition) is 13. The van der Waals surface area contributed by atoms with Crippen LogP contribution in [0.25, 0.3) is 0 Å². The molecule has 13 nitrogen and oxygen atoms in total. The first-order valence-corrected chi connectivity index (χ1v) is 17.3. The highest BCUT2D eigenvalue weighted by Gasteiger charge is 2.17. The molecule has 1 atom stereocenters. The van der Waals surface area contributed by atoms with Crippen LogP contribution in [0.4, 0.5) is 0 Å². The average molecular weight is 689 g/mol. The molecule has 1 aromatic carbocycles. The van der Waals surface area contributed by atoms with Crippen molar-refractivity contribution in [3.05, 3.63) is 35.9 Å². The van der Waals surface area contributed by atoms with Gasteiger partial charge in [-0.25, -0.2) is 4.79 Å². The molecule has 278 valence electrons. The zero-order chi connectivity index (χ0) is 34.6. The molecule has 0 radical (unpaired) electrons. The monoisotopic (exact) mass is 688 g/mol. The number of carbonyl (C=O) groups is 2. The second kappa shape index (κ2) is 34.7. The minimum absolute atomic E-state index is 0.00737. The molecule has 48 heavy (non-hydrogen) atoms. The van der Waals surface area contributed by atoms with Gasteiger partial charge in [0.2, 0.25) is 0 Å². The van der Waals surface area contributed by atoms with Gasteiger partial charge in [-0.1, -0.05) is 44.9 Å². The lowest BCUT2D eigenvalue weighted by Crippen LogP contribution is -2.20. The Hall–Kier alpha value is -2.20. The van der Waals surface area contributed by atoms with Crippen LogP contribution in [0.15, 0.2) is 30.3 Å². The number of carbonyl (C=O) groups excluding carboxylic acids is 2. The minimum atomic E-state index is -0.359. The lowest BCUT2D eigenvalue weighted by Gasteiger charge is -2.13. The van der Waals surface area contributed by atoms with Crippen LogP contribution in [0.3, 0.4) is 0 Å². The van der Waals surface area contributed by atoms with E-state index in [2.05, 4.69) is 6.92 Å². The number of hydrogen-bond donors (Lipinski definition) is 0. The van der Waals surface area contributed by atoms with E-state index in [1.165, 1.54) is 0 Å². The summed E-state index contributed by atoms with van der Waals surface area (Å²) in [7, 11) is 0. The normalized spacial score (nSPS) is 11.9. The van der Waals surface area contributed by atoms with E-state index in [1.54, 1.807) is 24.3 Å². The molecule has 0 spiro atoms. The molecule has 1 rings (SSSR count). The van der Waals surface area contributed by atoms with E-state index in [9.17, 15) is 9.59 Å². The van der Waals surface area contributed by atoms with Gasteiger partial charge >= 0.3 is 11.9 Å². The molecule has 0 aliphatic carbocycles. The minimum Gasteiger partial charge on any atom is -0.463 e. The van der Waals surface area contributed by atoms with E-state index in [-0.39, 0.29) is 31.1 Å². The first-order chi connectivity index (χ1) is 23.7. The van der Waals surface area contributed by atoms with Crippen molar-refractivity contribution in [3.8, 4) is 0 Å². The summed E-state index contributed by atoms with van der Waals surface area (Å²) in [4.78, 5) is 23.8. The fraction of sp³-hybridized carbons (Fsp3) is 0.771. The molecule has 0 aromatic heterocycles. The van der Waals surface area contributed by atoms with Crippen molar-refractivity contribution in [3.63, 3.8) is 0 Å². The van der Waals surface area contributed by atoms with E-state index in [0.29, 0.717) is 124 Å². The fourth-order valence-electron chi connectivity index (χ4n) is 3.97. The van der Waals surface area contributed by atoms with Crippen molar-refractivity contribution >= 4 is 11.9 Å². The highest BCUT2D eigenvalue weighted by atomic mass is 16.6. The largest absolute Gasteiger partial charge is 0.463 e. The standard InChI is InChI=1S/C35H60O13/c1-3-5-9-32(4-2)34(36)47-30-28-45-26-24-43-22-20-41-18-16-39-14-12-38-13-15-40-17-19-42-21-23-44-25-27-46-29-31-48-35(37)33-10-7-6-8-11-33/h6-8,10-11,32H,3-5,9,12-31H2,1-2H3. The fourth-order valence-corrected chi connectivity index (χ4v) is 3.97. The predicted molar refractivity (Wildman–Crippen MR) is 178 cm³/mol. The molecule has 13 heteroatoms.